The summed E-state index contributed by atoms with van der Waals surface area (Å²) in [5.74, 6) is 0.229. The third-order valence-corrected chi connectivity index (χ3v) is 6.69. The van der Waals surface area contributed by atoms with Crippen molar-refractivity contribution in [1.29, 1.82) is 0 Å². The van der Waals surface area contributed by atoms with E-state index >= 15 is 0 Å². The normalized spacial score (nSPS) is 11.5. The van der Waals surface area contributed by atoms with Crippen molar-refractivity contribution < 1.29 is 17.9 Å². The number of hydrogen-bond acceptors (Lipinski definition) is 7. The second-order valence-corrected chi connectivity index (χ2v) is 8.65. The summed E-state index contributed by atoms with van der Waals surface area (Å²) in [7, 11) is -3.78. The van der Waals surface area contributed by atoms with Crippen molar-refractivity contribution >= 4 is 21.6 Å². The van der Waals surface area contributed by atoms with E-state index in [0.29, 0.717) is 31.2 Å². The maximum Gasteiger partial charge on any atom is 0.248 e. The van der Waals surface area contributed by atoms with Crippen molar-refractivity contribution in [2.45, 2.75) is 32.2 Å². The van der Waals surface area contributed by atoms with E-state index in [1.807, 2.05) is 30.3 Å². The SMILES string of the molecule is CCOc1ccc(NC(=O)Cn2nnc(-c3ccccc3)n2)cc1S(=O)(=O)N(CC)CC. The number of sulfonamides is 1. The van der Waals surface area contributed by atoms with E-state index in [0.717, 1.165) is 5.56 Å². The zero-order valence-corrected chi connectivity index (χ0v) is 19.0. The van der Waals surface area contributed by atoms with Crippen LogP contribution in [0.25, 0.3) is 11.4 Å². The van der Waals surface area contributed by atoms with Gasteiger partial charge in [0.05, 0.1) is 6.61 Å². The number of aromatic nitrogens is 4. The molecule has 0 spiro atoms. The van der Waals surface area contributed by atoms with Crippen LogP contribution in [0.2, 0.25) is 0 Å². The molecule has 0 atom stereocenters. The Kier molecular flexibility index (Phi) is 7.54. The molecule has 0 radical (unpaired) electrons. The van der Waals surface area contributed by atoms with Crippen LogP contribution in [0.4, 0.5) is 5.69 Å². The maximum atomic E-state index is 13.1. The molecule has 11 heteroatoms. The first kappa shape index (κ1) is 23.4. The van der Waals surface area contributed by atoms with E-state index in [-0.39, 0.29) is 17.2 Å². The van der Waals surface area contributed by atoms with Crippen molar-refractivity contribution in [2.24, 2.45) is 0 Å². The standard InChI is InChI=1S/C21H26N6O4S/c1-4-26(5-2)32(29,30)19-14-17(12-13-18(19)31-6-3)22-20(28)15-27-24-21(23-25-27)16-10-8-7-9-11-16/h7-14H,4-6,15H2,1-3H3,(H,22,28). The number of ether oxygens (including phenoxy) is 1. The minimum atomic E-state index is -3.78. The molecule has 0 saturated carbocycles. The summed E-state index contributed by atoms with van der Waals surface area (Å²) in [6, 6.07) is 13.8. The van der Waals surface area contributed by atoms with Gasteiger partial charge in [0.25, 0.3) is 0 Å². The van der Waals surface area contributed by atoms with Crippen molar-refractivity contribution in [3.05, 3.63) is 48.5 Å². The van der Waals surface area contributed by atoms with Gasteiger partial charge in [0, 0.05) is 24.3 Å². The molecule has 0 aliphatic carbocycles. The molecule has 0 aliphatic rings. The molecule has 0 fully saturated rings. The van der Waals surface area contributed by atoms with Crippen molar-refractivity contribution in [3.63, 3.8) is 0 Å². The Balaban J connectivity index is 1.78. The van der Waals surface area contributed by atoms with E-state index in [9.17, 15) is 13.2 Å². The second kappa shape index (κ2) is 10.3. The highest BCUT2D eigenvalue weighted by molar-refractivity contribution is 7.89. The first-order chi connectivity index (χ1) is 15.4. The third-order valence-electron chi connectivity index (χ3n) is 4.62. The number of rotatable bonds is 10. The Bertz CT molecular complexity index is 1160. The number of anilines is 1. The fourth-order valence-electron chi connectivity index (χ4n) is 3.11. The highest BCUT2D eigenvalue weighted by Gasteiger charge is 2.26. The topological polar surface area (TPSA) is 119 Å². The van der Waals surface area contributed by atoms with Crippen LogP contribution in [0.5, 0.6) is 5.75 Å². The Morgan fingerprint density at radius 1 is 1.09 bits per heavy atom. The molecule has 3 aromatic rings. The summed E-state index contributed by atoms with van der Waals surface area (Å²) >= 11 is 0. The number of carbonyl (C=O) groups excluding carboxylic acids is 1. The molecule has 2 aromatic carbocycles. The highest BCUT2D eigenvalue weighted by Crippen LogP contribution is 2.30. The summed E-state index contributed by atoms with van der Waals surface area (Å²) in [6.45, 7) is 6.09. The molecule has 1 aromatic heterocycles. The van der Waals surface area contributed by atoms with Gasteiger partial charge in [-0.3, -0.25) is 4.79 Å². The van der Waals surface area contributed by atoms with Gasteiger partial charge in [-0.2, -0.15) is 9.10 Å². The van der Waals surface area contributed by atoms with Crippen LogP contribution >= 0.6 is 0 Å². The Morgan fingerprint density at radius 2 is 1.81 bits per heavy atom. The van der Waals surface area contributed by atoms with E-state index in [4.69, 9.17) is 4.74 Å². The molecule has 0 bridgehead atoms. The monoisotopic (exact) mass is 458 g/mol. The number of amides is 1. The van der Waals surface area contributed by atoms with E-state index in [1.54, 1.807) is 26.8 Å². The zero-order valence-electron chi connectivity index (χ0n) is 18.2. The van der Waals surface area contributed by atoms with Crippen LogP contribution in [0.3, 0.4) is 0 Å². The molecular weight excluding hydrogens is 432 g/mol. The Morgan fingerprint density at radius 3 is 2.47 bits per heavy atom. The van der Waals surface area contributed by atoms with Gasteiger partial charge < -0.3 is 10.1 Å². The fourth-order valence-corrected chi connectivity index (χ4v) is 4.72. The number of hydrogen-bond donors (Lipinski definition) is 1. The number of nitrogens with one attached hydrogen (secondary N) is 1. The van der Waals surface area contributed by atoms with Crippen molar-refractivity contribution in [2.75, 3.05) is 25.0 Å². The van der Waals surface area contributed by atoms with Gasteiger partial charge in [-0.15, -0.1) is 10.2 Å². The smallest absolute Gasteiger partial charge is 0.248 e. The largest absolute Gasteiger partial charge is 0.492 e. The van der Waals surface area contributed by atoms with Crippen LogP contribution in [-0.2, 0) is 21.4 Å². The van der Waals surface area contributed by atoms with Gasteiger partial charge in [-0.25, -0.2) is 8.42 Å². The number of tetrazole rings is 1. The molecule has 10 nitrogen and oxygen atoms in total. The number of carbonyl (C=O) groups is 1. The van der Waals surface area contributed by atoms with E-state index < -0.39 is 15.9 Å². The summed E-state index contributed by atoms with van der Waals surface area (Å²) in [4.78, 5) is 13.7. The third kappa shape index (κ3) is 5.29. The van der Waals surface area contributed by atoms with Crippen LogP contribution < -0.4 is 10.1 Å². The molecule has 170 valence electrons. The van der Waals surface area contributed by atoms with Gasteiger partial charge in [0.2, 0.25) is 21.8 Å². The average Bonchev–Trinajstić information content (AvgIpc) is 3.24. The lowest BCUT2D eigenvalue weighted by molar-refractivity contribution is -0.117. The van der Waals surface area contributed by atoms with Gasteiger partial charge >= 0.3 is 0 Å². The first-order valence-electron chi connectivity index (χ1n) is 10.3. The molecule has 0 saturated heterocycles. The van der Waals surface area contributed by atoms with Gasteiger partial charge in [0.15, 0.2) is 0 Å². The minimum absolute atomic E-state index is 0.00564. The Hall–Kier alpha value is -3.31. The van der Waals surface area contributed by atoms with Crippen LogP contribution in [0, 0.1) is 0 Å². The van der Waals surface area contributed by atoms with Gasteiger partial charge in [0.1, 0.15) is 17.2 Å². The highest BCUT2D eigenvalue weighted by atomic mass is 32.2. The summed E-state index contributed by atoms with van der Waals surface area (Å²) in [6.07, 6.45) is 0. The van der Waals surface area contributed by atoms with E-state index in [2.05, 4.69) is 20.7 Å². The molecule has 1 heterocycles. The molecule has 1 N–H and O–H groups in total. The molecule has 32 heavy (non-hydrogen) atoms. The lowest BCUT2D eigenvalue weighted by atomic mass is 10.2. The van der Waals surface area contributed by atoms with Crippen LogP contribution in [0.15, 0.2) is 53.4 Å². The summed E-state index contributed by atoms with van der Waals surface area (Å²) in [5.41, 5.74) is 1.12. The van der Waals surface area contributed by atoms with Crippen LogP contribution in [-0.4, -0.2) is 58.5 Å². The Labute approximate surface area is 187 Å². The number of nitrogens with zero attached hydrogens (tertiary/aromatic N) is 5. The molecule has 0 aliphatic heterocycles. The van der Waals surface area contributed by atoms with Crippen molar-refractivity contribution in [3.8, 4) is 17.1 Å². The maximum absolute atomic E-state index is 13.1. The minimum Gasteiger partial charge on any atom is -0.492 e. The predicted molar refractivity (Wildman–Crippen MR) is 120 cm³/mol. The quantitative estimate of drug-likeness (QED) is 0.495. The predicted octanol–water partition coefficient (Wildman–Crippen LogP) is 2.41. The average molecular weight is 459 g/mol. The first-order valence-corrected chi connectivity index (χ1v) is 11.7. The zero-order chi connectivity index (χ0) is 23.1. The number of benzene rings is 2. The molecular formula is C21H26N6O4S. The molecule has 0 unspecified atom stereocenters. The summed E-state index contributed by atoms with van der Waals surface area (Å²) in [5, 5.41) is 14.8. The van der Waals surface area contributed by atoms with Gasteiger partial charge in [-0.05, 0) is 30.3 Å². The van der Waals surface area contributed by atoms with Crippen LogP contribution in [0.1, 0.15) is 20.8 Å². The lowest BCUT2D eigenvalue weighted by Crippen LogP contribution is -2.31. The van der Waals surface area contributed by atoms with Crippen molar-refractivity contribution in [1.82, 2.24) is 24.5 Å². The second-order valence-electron chi connectivity index (χ2n) is 6.74. The summed E-state index contributed by atoms with van der Waals surface area (Å²) < 4.78 is 33.0. The molecule has 1 amide bonds. The van der Waals surface area contributed by atoms with Gasteiger partial charge in [-0.1, -0.05) is 44.2 Å². The fraction of sp³-hybridized carbons (Fsp3) is 0.333. The lowest BCUT2D eigenvalue weighted by Gasteiger charge is -2.21. The van der Waals surface area contributed by atoms with E-state index in [1.165, 1.54) is 21.2 Å². The molecule has 3 rings (SSSR count).